The molecule has 0 aromatic heterocycles. The third kappa shape index (κ3) is 3.51. The van der Waals surface area contributed by atoms with Gasteiger partial charge in [0.05, 0.1) is 0 Å². The van der Waals surface area contributed by atoms with Crippen LogP contribution in [-0.4, -0.2) is 6.29 Å². The molecule has 3 aromatic rings. The fourth-order valence-electron chi connectivity index (χ4n) is 2.43. The summed E-state index contributed by atoms with van der Waals surface area (Å²) in [5.41, 5.74) is 5.06. The minimum Gasteiger partial charge on any atom is -0.311 e. The van der Waals surface area contributed by atoms with Crippen LogP contribution in [-0.2, 0) is 0 Å². The molecular weight excluding hydrogens is 350 g/mol. The van der Waals surface area contributed by atoms with Gasteiger partial charge in [-0.3, -0.25) is 4.79 Å². The Bertz CT molecular complexity index is 747. The molecule has 0 saturated heterocycles. The zero-order valence-corrected chi connectivity index (χ0v) is 14.3. The Labute approximate surface area is 144 Å². The third-order valence-corrected chi connectivity index (χ3v) is 4.19. The van der Waals surface area contributed by atoms with Crippen LogP contribution in [0.15, 0.2) is 77.3 Å². The summed E-state index contributed by atoms with van der Waals surface area (Å²) in [6.07, 6.45) is 0.861. The van der Waals surface area contributed by atoms with Gasteiger partial charge in [-0.25, -0.2) is 0 Å². The topological polar surface area (TPSA) is 20.3 Å². The maximum Gasteiger partial charge on any atom is 0.150 e. The summed E-state index contributed by atoms with van der Waals surface area (Å²) in [6, 6.07) is 24.2. The molecule has 0 atom stereocenters. The van der Waals surface area contributed by atoms with Crippen molar-refractivity contribution in [3.8, 4) is 0 Å². The third-order valence-electron chi connectivity index (χ3n) is 3.66. The molecule has 3 heteroatoms. The van der Waals surface area contributed by atoms with Gasteiger partial charge < -0.3 is 4.90 Å². The zero-order valence-electron chi connectivity index (χ0n) is 12.7. The molecule has 0 amide bonds. The molecule has 0 N–H and O–H groups in total. The van der Waals surface area contributed by atoms with E-state index in [2.05, 4.69) is 64.2 Å². The average Bonchev–Trinajstić information content (AvgIpc) is 2.59. The van der Waals surface area contributed by atoms with E-state index in [1.54, 1.807) is 0 Å². The van der Waals surface area contributed by atoms with Crippen LogP contribution in [0.5, 0.6) is 0 Å². The number of rotatable bonds is 4. The molecule has 0 bridgehead atoms. The second-order valence-electron chi connectivity index (χ2n) is 5.36. The van der Waals surface area contributed by atoms with E-state index in [1.807, 2.05) is 36.4 Å². The van der Waals surface area contributed by atoms with Crippen molar-refractivity contribution < 1.29 is 4.79 Å². The van der Waals surface area contributed by atoms with Crippen LogP contribution in [0.4, 0.5) is 17.1 Å². The second-order valence-corrected chi connectivity index (χ2v) is 6.27. The minimum absolute atomic E-state index is 0.674. The lowest BCUT2D eigenvalue weighted by molar-refractivity contribution is 0.112. The molecule has 0 aliphatic heterocycles. The molecule has 3 aromatic carbocycles. The van der Waals surface area contributed by atoms with Crippen molar-refractivity contribution in [1.82, 2.24) is 0 Å². The Hall–Kier alpha value is -2.39. The summed E-state index contributed by atoms with van der Waals surface area (Å²) in [5, 5.41) is 0. The van der Waals surface area contributed by atoms with Crippen LogP contribution < -0.4 is 4.90 Å². The predicted octanol–water partition coefficient (Wildman–Crippen LogP) is 6.04. The molecule has 0 spiro atoms. The van der Waals surface area contributed by atoms with Gasteiger partial charge in [-0.05, 0) is 67.6 Å². The largest absolute Gasteiger partial charge is 0.311 e. The summed E-state index contributed by atoms with van der Waals surface area (Å²) >= 11 is 3.48. The van der Waals surface area contributed by atoms with Gasteiger partial charge in [-0.2, -0.15) is 0 Å². The number of aryl methyl sites for hydroxylation is 1. The number of halogens is 1. The van der Waals surface area contributed by atoms with Gasteiger partial charge in [-0.1, -0.05) is 33.6 Å². The fourth-order valence-corrected chi connectivity index (χ4v) is 2.70. The lowest BCUT2D eigenvalue weighted by Gasteiger charge is -2.25. The van der Waals surface area contributed by atoms with Gasteiger partial charge in [0, 0.05) is 27.1 Å². The molecule has 0 fully saturated rings. The number of nitrogens with zero attached hydrogens (tertiary/aromatic N) is 1. The molecule has 3 rings (SSSR count). The highest BCUT2D eigenvalue weighted by molar-refractivity contribution is 9.10. The van der Waals surface area contributed by atoms with Crippen molar-refractivity contribution in [3.05, 3.63) is 88.4 Å². The van der Waals surface area contributed by atoms with E-state index in [1.165, 1.54) is 5.56 Å². The van der Waals surface area contributed by atoms with Crippen LogP contribution in [0.1, 0.15) is 15.9 Å². The summed E-state index contributed by atoms with van der Waals surface area (Å²) in [7, 11) is 0. The van der Waals surface area contributed by atoms with Crippen molar-refractivity contribution >= 4 is 39.3 Å². The van der Waals surface area contributed by atoms with Crippen molar-refractivity contribution in [2.24, 2.45) is 0 Å². The van der Waals surface area contributed by atoms with E-state index < -0.39 is 0 Å². The predicted molar refractivity (Wildman–Crippen MR) is 98.9 cm³/mol. The van der Waals surface area contributed by atoms with E-state index in [-0.39, 0.29) is 0 Å². The van der Waals surface area contributed by atoms with Gasteiger partial charge in [-0.15, -0.1) is 0 Å². The normalized spacial score (nSPS) is 10.3. The number of aldehydes is 1. The quantitative estimate of drug-likeness (QED) is 0.525. The molecule has 0 saturated carbocycles. The Morgan fingerprint density at radius 1 is 0.739 bits per heavy atom. The second kappa shape index (κ2) is 6.80. The SMILES string of the molecule is Cc1ccc(N(c2ccc(Br)cc2)c2ccc(C=O)cc2)cc1. The average molecular weight is 366 g/mol. The first-order chi connectivity index (χ1) is 11.2. The maximum atomic E-state index is 10.9. The highest BCUT2D eigenvalue weighted by atomic mass is 79.9. The monoisotopic (exact) mass is 365 g/mol. The van der Waals surface area contributed by atoms with Gasteiger partial charge in [0.25, 0.3) is 0 Å². The zero-order chi connectivity index (χ0) is 16.2. The van der Waals surface area contributed by atoms with Crippen LogP contribution in [0.2, 0.25) is 0 Å². The van der Waals surface area contributed by atoms with Crippen molar-refractivity contribution in [3.63, 3.8) is 0 Å². The molecule has 2 nitrogen and oxygen atoms in total. The van der Waals surface area contributed by atoms with E-state index >= 15 is 0 Å². The van der Waals surface area contributed by atoms with E-state index in [0.29, 0.717) is 5.56 Å². The highest BCUT2D eigenvalue weighted by Gasteiger charge is 2.12. The Morgan fingerprint density at radius 2 is 1.17 bits per heavy atom. The molecule has 0 heterocycles. The number of carbonyl (C=O) groups is 1. The number of benzene rings is 3. The number of hydrogen-bond acceptors (Lipinski definition) is 2. The standard InChI is InChI=1S/C20H16BrNO/c1-15-2-8-18(9-3-15)22(20-12-6-17(21)7-13-20)19-10-4-16(14-23)5-11-19/h2-14H,1H3. The first-order valence-electron chi connectivity index (χ1n) is 7.35. The number of hydrogen-bond donors (Lipinski definition) is 0. The molecular formula is C20H16BrNO. The molecule has 0 radical (unpaired) electrons. The van der Waals surface area contributed by atoms with E-state index in [4.69, 9.17) is 0 Å². The fraction of sp³-hybridized carbons (Fsp3) is 0.0500. The Balaban J connectivity index is 2.10. The summed E-state index contributed by atoms with van der Waals surface area (Å²) < 4.78 is 1.04. The molecule has 23 heavy (non-hydrogen) atoms. The van der Waals surface area contributed by atoms with E-state index in [9.17, 15) is 4.79 Å². The van der Waals surface area contributed by atoms with Crippen LogP contribution in [0, 0.1) is 6.92 Å². The number of carbonyl (C=O) groups excluding carboxylic acids is 1. The van der Waals surface area contributed by atoms with Crippen molar-refractivity contribution in [2.75, 3.05) is 4.90 Å². The van der Waals surface area contributed by atoms with Crippen LogP contribution in [0.3, 0.4) is 0 Å². The first-order valence-corrected chi connectivity index (χ1v) is 8.14. The minimum atomic E-state index is 0.674. The van der Waals surface area contributed by atoms with Gasteiger partial charge >= 0.3 is 0 Å². The van der Waals surface area contributed by atoms with Crippen molar-refractivity contribution in [1.29, 1.82) is 0 Å². The van der Waals surface area contributed by atoms with E-state index in [0.717, 1.165) is 27.8 Å². The smallest absolute Gasteiger partial charge is 0.150 e. The summed E-state index contributed by atoms with van der Waals surface area (Å²) in [6.45, 7) is 2.08. The lowest BCUT2D eigenvalue weighted by atomic mass is 10.1. The molecule has 0 aliphatic carbocycles. The van der Waals surface area contributed by atoms with Crippen LogP contribution >= 0.6 is 15.9 Å². The van der Waals surface area contributed by atoms with Gasteiger partial charge in [0.1, 0.15) is 6.29 Å². The van der Waals surface area contributed by atoms with Crippen LogP contribution in [0.25, 0.3) is 0 Å². The molecule has 0 aliphatic rings. The van der Waals surface area contributed by atoms with Gasteiger partial charge in [0.2, 0.25) is 0 Å². The highest BCUT2D eigenvalue weighted by Crippen LogP contribution is 2.35. The molecule has 0 unspecified atom stereocenters. The lowest BCUT2D eigenvalue weighted by Crippen LogP contribution is -2.09. The van der Waals surface area contributed by atoms with Gasteiger partial charge in [0.15, 0.2) is 0 Å². The molecule has 114 valence electrons. The summed E-state index contributed by atoms with van der Waals surface area (Å²) in [5.74, 6) is 0. The Kier molecular flexibility index (Phi) is 4.58. The first kappa shape index (κ1) is 15.5. The maximum absolute atomic E-state index is 10.9. The summed E-state index contributed by atoms with van der Waals surface area (Å²) in [4.78, 5) is 13.1. The Morgan fingerprint density at radius 3 is 1.65 bits per heavy atom. The number of anilines is 3. The van der Waals surface area contributed by atoms with Crippen molar-refractivity contribution in [2.45, 2.75) is 6.92 Å².